The zero-order valence-electron chi connectivity index (χ0n) is 6.43. The molecule has 0 saturated carbocycles. The molecule has 2 heteroatoms. The van der Waals surface area contributed by atoms with Gasteiger partial charge in [0.25, 0.3) is 0 Å². The van der Waals surface area contributed by atoms with E-state index in [9.17, 15) is 0 Å². The monoisotopic (exact) mass is 138 g/mol. The highest BCUT2D eigenvalue weighted by Gasteiger charge is 2.19. The van der Waals surface area contributed by atoms with Crippen molar-refractivity contribution >= 4 is 0 Å². The van der Waals surface area contributed by atoms with E-state index in [-0.39, 0.29) is 0 Å². The average Bonchev–Trinajstić information content (AvgIpc) is 1.94. The molecule has 2 unspecified atom stereocenters. The molecule has 2 nitrogen and oxygen atoms in total. The smallest absolute Gasteiger partial charge is 0.0625 e. The van der Waals surface area contributed by atoms with Crippen LogP contribution in [0.15, 0.2) is 0 Å². The van der Waals surface area contributed by atoms with E-state index in [1.54, 1.807) is 0 Å². The molecule has 1 aliphatic rings. The van der Waals surface area contributed by atoms with E-state index < -0.39 is 0 Å². The first-order valence-corrected chi connectivity index (χ1v) is 3.95. The maximum Gasteiger partial charge on any atom is 0.0625 e. The highest BCUT2D eigenvalue weighted by atomic mass is 14.9. The van der Waals surface area contributed by atoms with Crippen molar-refractivity contribution < 1.29 is 0 Å². The van der Waals surface area contributed by atoms with E-state index in [0.29, 0.717) is 18.4 Å². The number of nitriles is 1. The number of rotatable bonds is 1. The van der Waals surface area contributed by atoms with Crippen LogP contribution in [0.3, 0.4) is 0 Å². The lowest BCUT2D eigenvalue weighted by Gasteiger charge is -2.27. The first-order valence-electron chi connectivity index (χ1n) is 3.95. The van der Waals surface area contributed by atoms with Crippen LogP contribution in [0.5, 0.6) is 0 Å². The van der Waals surface area contributed by atoms with E-state index in [2.05, 4.69) is 18.3 Å². The van der Waals surface area contributed by atoms with Gasteiger partial charge in [0.15, 0.2) is 0 Å². The van der Waals surface area contributed by atoms with Crippen LogP contribution in [0.25, 0.3) is 0 Å². The third-order valence-corrected chi connectivity index (χ3v) is 2.28. The van der Waals surface area contributed by atoms with Gasteiger partial charge in [-0.05, 0) is 32.2 Å². The van der Waals surface area contributed by atoms with Crippen molar-refractivity contribution in [2.75, 3.05) is 6.54 Å². The minimum Gasteiger partial charge on any atom is -0.314 e. The molecule has 0 radical (unpaired) electrons. The molecule has 0 aromatic rings. The molecule has 1 rings (SSSR count). The van der Waals surface area contributed by atoms with Gasteiger partial charge >= 0.3 is 0 Å². The van der Waals surface area contributed by atoms with E-state index in [0.717, 1.165) is 6.54 Å². The fraction of sp³-hybridized carbons (Fsp3) is 0.875. The molecule has 0 aliphatic carbocycles. The Kier molecular flexibility index (Phi) is 2.70. The summed E-state index contributed by atoms with van der Waals surface area (Å²) in [5.74, 6) is 0.596. The maximum atomic E-state index is 8.46. The Balaban J connectivity index is 2.34. The quantitative estimate of drug-likeness (QED) is 0.592. The summed E-state index contributed by atoms with van der Waals surface area (Å²) in [5, 5.41) is 11.8. The summed E-state index contributed by atoms with van der Waals surface area (Å²) in [6, 6.07) is 2.78. The fourth-order valence-corrected chi connectivity index (χ4v) is 1.51. The van der Waals surface area contributed by atoms with E-state index in [4.69, 9.17) is 5.26 Å². The van der Waals surface area contributed by atoms with E-state index >= 15 is 0 Å². The summed E-state index contributed by atoms with van der Waals surface area (Å²) >= 11 is 0. The lowest BCUT2D eigenvalue weighted by atomic mass is 9.90. The summed E-state index contributed by atoms with van der Waals surface area (Å²) in [4.78, 5) is 0. The van der Waals surface area contributed by atoms with Crippen molar-refractivity contribution in [3.63, 3.8) is 0 Å². The number of hydrogen-bond donors (Lipinski definition) is 1. The minimum atomic E-state index is 0.549. The number of nitrogens with one attached hydrogen (secondary N) is 1. The zero-order chi connectivity index (χ0) is 7.40. The SMILES string of the molecule is CC1NCCCC1CC#N. The van der Waals surface area contributed by atoms with Crippen LogP contribution in [0, 0.1) is 17.2 Å². The predicted octanol–water partition coefficient (Wildman–Crippen LogP) is 1.29. The van der Waals surface area contributed by atoms with Crippen LogP contribution < -0.4 is 5.32 Å². The molecule has 1 fully saturated rings. The van der Waals surface area contributed by atoms with E-state index in [1.165, 1.54) is 12.8 Å². The predicted molar refractivity (Wildman–Crippen MR) is 40.4 cm³/mol. The zero-order valence-corrected chi connectivity index (χ0v) is 6.43. The van der Waals surface area contributed by atoms with Crippen molar-refractivity contribution in [2.24, 2.45) is 5.92 Å². The van der Waals surface area contributed by atoms with Crippen LogP contribution in [0.4, 0.5) is 0 Å². The molecule has 0 aromatic carbocycles. The molecule has 10 heavy (non-hydrogen) atoms. The lowest BCUT2D eigenvalue weighted by molar-refractivity contribution is 0.301. The van der Waals surface area contributed by atoms with E-state index in [1.807, 2.05) is 0 Å². The molecule has 0 spiro atoms. The second-order valence-corrected chi connectivity index (χ2v) is 3.01. The summed E-state index contributed by atoms with van der Waals surface area (Å²) in [5.41, 5.74) is 0. The fourth-order valence-electron chi connectivity index (χ4n) is 1.51. The van der Waals surface area contributed by atoms with Crippen molar-refractivity contribution in [3.8, 4) is 6.07 Å². The summed E-state index contributed by atoms with van der Waals surface area (Å²) in [6.45, 7) is 3.30. The largest absolute Gasteiger partial charge is 0.314 e. The van der Waals surface area contributed by atoms with Crippen molar-refractivity contribution in [1.29, 1.82) is 5.26 Å². The molecule has 2 atom stereocenters. The van der Waals surface area contributed by atoms with Gasteiger partial charge in [-0.15, -0.1) is 0 Å². The second kappa shape index (κ2) is 3.58. The Labute approximate surface area is 62.2 Å². The molecular formula is C8H14N2. The summed E-state index contributed by atoms with van der Waals surface area (Å²) in [6.07, 6.45) is 3.17. The van der Waals surface area contributed by atoms with Crippen molar-refractivity contribution in [1.82, 2.24) is 5.32 Å². The van der Waals surface area contributed by atoms with Crippen molar-refractivity contribution in [2.45, 2.75) is 32.2 Å². The average molecular weight is 138 g/mol. The first kappa shape index (κ1) is 7.56. The van der Waals surface area contributed by atoms with Crippen LogP contribution >= 0.6 is 0 Å². The van der Waals surface area contributed by atoms with Gasteiger partial charge in [-0.1, -0.05) is 0 Å². The Hall–Kier alpha value is -0.550. The molecular weight excluding hydrogens is 124 g/mol. The van der Waals surface area contributed by atoms with Crippen LogP contribution in [0.1, 0.15) is 26.2 Å². The second-order valence-electron chi connectivity index (χ2n) is 3.01. The molecule has 0 aromatic heterocycles. The number of piperidine rings is 1. The molecule has 56 valence electrons. The van der Waals surface area contributed by atoms with Gasteiger partial charge in [-0.3, -0.25) is 0 Å². The first-order chi connectivity index (χ1) is 4.84. The normalized spacial score (nSPS) is 33.2. The molecule has 1 N–H and O–H groups in total. The Bertz CT molecular complexity index is 137. The highest BCUT2D eigenvalue weighted by Crippen LogP contribution is 2.18. The summed E-state index contributed by atoms with van der Waals surface area (Å²) in [7, 11) is 0. The van der Waals surface area contributed by atoms with Gasteiger partial charge in [0, 0.05) is 12.5 Å². The molecule has 1 aliphatic heterocycles. The van der Waals surface area contributed by atoms with Gasteiger partial charge in [0.2, 0.25) is 0 Å². The van der Waals surface area contributed by atoms with Crippen LogP contribution in [-0.2, 0) is 0 Å². The minimum absolute atomic E-state index is 0.549. The van der Waals surface area contributed by atoms with Crippen LogP contribution in [-0.4, -0.2) is 12.6 Å². The summed E-state index contributed by atoms with van der Waals surface area (Å²) < 4.78 is 0. The van der Waals surface area contributed by atoms with Crippen LogP contribution in [0.2, 0.25) is 0 Å². The van der Waals surface area contributed by atoms with Gasteiger partial charge in [0.1, 0.15) is 0 Å². The Morgan fingerprint density at radius 3 is 3.10 bits per heavy atom. The molecule has 1 heterocycles. The van der Waals surface area contributed by atoms with Gasteiger partial charge < -0.3 is 5.32 Å². The Morgan fingerprint density at radius 1 is 1.70 bits per heavy atom. The number of nitrogens with zero attached hydrogens (tertiary/aromatic N) is 1. The number of hydrogen-bond acceptors (Lipinski definition) is 2. The lowest BCUT2D eigenvalue weighted by Crippen LogP contribution is -2.38. The Morgan fingerprint density at radius 2 is 2.50 bits per heavy atom. The molecule has 0 amide bonds. The van der Waals surface area contributed by atoms with Gasteiger partial charge in [-0.25, -0.2) is 0 Å². The molecule has 0 bridgehead atoms. The third-order valence-electron chi connectivity index (χ3n) is 2.28. The third kappa shape index (κ3) is 1.71. The van der Waals surface area contributed by atoms with Gasteiger partial charge in [-0.2, -0.15) is 5.26 Å². The standard InChI is InChI=1S/C8H14N2/c1-7-8(4-5-9)3-2-6-10-7/h7-8,10H,2-4,6H2,1H3. The topological polar surface area (TPSA) is 35.8 Å². The molecule has 1 saturated heterocycles. The maximum absolute atomic E-state index is 8.46. The van der Waals surface area contributed by atoms with Gasteiger partial charge in [0.05, 0.1) is 6.07 Å². The highest BCUT2D eigenvalue weighted by molar-refractivity contribution is 4.84. The van der Waals surface area contributed by atoms with Crippen molar-refractivity contribution in [3.05, 3.63) is 0 Å².